The third-order valence-electron chi connectivity index (χ3n) is 2.21. The van der Waals surface area contributed by atoms with Gasteiger partial charge in [-0.05, 0) is 36.1 Å². The van der Waals surface area contributed by atoms with Crippen molar-refractivity contribution in [2.45, 2.75) is 26.2 Å². The normalized spacial score (nSPS) is 14.6. The maximum absolute atomic E-state index is 5.71. The Kier molecular flexibility index (Phi) is 8.04. The fourth-order valence-electron chi connectivity index (χ4n) is 1.44. The Morgan fingerprint density at radius 3 is 2.61 bits per heavy atom. The Labute approximate surface area is 122 Å². The Morgan fingerprint density at radius 2 is 2.00 bits per heavy atom. The third kappa shape index (κ3) is 6.37. The van der Waals surface area contributed by atoms with E-state index in [1.807, 2.05) is 54.3 Å². The van der Waals surface area contributed by atoms with Crippen LogP contribution in [0.2, 0.25) is 0 Å². The Hall–Kier alpha value is -0.590. The number of halogens is 1. The molecule has 0 aliphatic rings. The van der Waals surface area contributed by atoms with Crippen LogP contribution in [0.4, 0.5) is 0 Å². The highest BCUT2D eigenvalue weighted by Crippen LogP contribution is 2.11. The standard InChI is InChI=1S/C14H19IO3/c1-3-16-12(2)18-14(9-10-15)11-17-13-7-5-4-6-8-13/h4-10,12,14H,3,11H2,1-2H3. The molecule has 1 aromatic rings. The average molecular weight is 362 g/mol. The number of hydrogen-bond acceptors (Lipinski definition) is 3. The van der Waals surface area contributed by atoms with E-state index in [9.17, 15) is 0 Å². The molecular weight excluding hydrogens is 343 g/mol. The van der Waals surface area contributed by atoms with E-state index in [0.717, 1.165) is 5.75 Å². The number of hydrogen-bond donors (Lipinski definition) is 0. The van der Waals surface area contributed by atoms with Gasteiger partial charge in [-0.25, -0.2) is 0 Å². The highest BCUT2D eigenvalue weighted by Gasteiger charge is 2.11. The quantitative estimate of drug-likeness (QED) is 0.520. The van der Waals surface area contributed by atoms with E-state index in [-0.39, 0.29) is 12.4 Å². The largest absolute Gasteiger partial charge is 0.491 e. The van der Waals surface area contributed by atoms with Crippen LogP contribution in [0.1, 0.15) is 13.8 Å². The first-order valence-electron chi connectivity index (χ1n) is 5.98. The van der Waals surface area contributed by atoms with Gasteiger partial charge in [-0.15, -0.1) is 0 Å². The summed E-state index contributed by atoms with van der Waals surface area (Å²) < 4.78 is 18.7. The lowest BCUT2D eigenvalue weighted by Gasteiger charge is -2.20. The molecule has 0 N–H and O–H groups in total. The summed E-state index contributed by atoms with van der Waals surface area (Å²) in [7, 11) is 0. The SMILES string of the molecule is CCOC(C)OC(C=CI)COc1ccccc1. The van der Waals surface area contributed by atoms with Gasteiger partial charge in [0.05, 0.1) is 0 Å². The second kappa shape index (κ2) is 9.35. The van der Waals surface area contributed by atoms with E-state index in [1.165, 1.54) is 0 Å². The first kappa shape index (κ1) is 15.5. The molecule has 0 fully saturated rings. The molecule has 0 aromatic heterocycles. The highest BCUT2D eigenvalue weighted by atomic mass is 127. The molecule has 2 unspecified atom stereocenters. The second-order valence-electron chi connectivity index (χ2n) is 3.64. The monoisotopic (exact) mass is 362 g/mol. The van der Waals surface area contributed by atoms with Crippen molar-refractivity contribution in [2.24, 2.45) is 0 Å². The van der Waals surface area contributed by atoms with Crippen molar-refractivity contribution in [1.29, 1.82) is 0 Å². The molecule has 0 heterocycles. The summed E-state index contributed by atoms with van der Waals surface area (Å²) in [5.74, 6) is 0.844. The van der Waals surface area contributed by atoms with Crippen molar-refractivity contribution < 1.29 is 14.2 Å². The molecule has 2 atom stereocenters. The van der Waals surface area contributed by atoms with Gasteiger partial charge in [0.1, 0.15) is 18.5 Å². The molecule has 3 nitrogen and oxygen atoms in total. The van der Waals surface area contributed by atoms with Crippen LogP contribution in [-0.4, -0.2) is 25.6 Å². The molecule has 0 amide bonds. The average Bonchev–Trinajstić information content (AvgIpc) is 2.38. The van der Waals surface area contributed by atoms with E-state index in [2.05, 4.69) is 22.6 Å². The zero-order valence-corrected chi connectivity index (χ0v) is 12.9. The van der Waals surface area contributed by atoms with Crippen LogP contribution >= 0.6 is 22.6 Å². The molecule has 100 valence electrons. The molecule has 4 heteroatoms. The number of rotatable bonds is 8. The molecule has 0 aliphatic heterocycles. The summed E-state index contributed by atoms with van der Waals surface area (Å²) in [6.07, 6.45) is 1.62. The molecule has 0 saturated carbocycles. The van der Waals surface area contributed by atoms with Gasteiger partial charge in [-0.3, -0.25) is 0 Å². The minimum Gasteiger partial charge on any atom is -0.491 e. The fourth-order valence-corrected chi connectivity index (χ4v) is 1.90. The summed E-state index contributed by atoms with van der Waals surface area (Å²) in [6.45, 7) is 4.95. The van der Waals surface area contributed by atoms with Gasteiger partial charge in [0.25, 0.3) is 0 Å². The maximum atomic E-state index is 5.71. The highest BCUT2D eigenvalue weighted by molar-refractivity contribution is 14.1. The van der Waals surface area contributed by atoms with Gasteiger partial charge >= 0.3 is 0 Å². The van der Waals surface area contributed by atoms with Crippen LogP contribution in [0.5, 0.6) is 5.75 Å². The van der Waals surface area contributed by atoms with Crippen LogP contribution < -0.4 is 4.74 Å². The Balaban J connectivity index is 2.43. The predicted molar refractivity (Wildman–Crippen MR) is 81.1 cm³/mol. The van der Waals surface area contributed by atoms with Gasteiger partial charge in [0, 0.05) is 6.61 Å². The predicted octanol–water partition coefficient (Wildman–Crippen LogP) is 3.78. The first-order chi connectivity index (χ1) is 8.76. The summed E-state index contributed by atoms with van der Waals surface area (Å²) in [5, 5.41) is 0. The molecule has 0 bridgehead atoms. The van der Waals surface area contributed by atoms with Crippen molar-refractivity contribution in [1.82, 2.24) is 0 Å². The zero-order valence-electron chi connectivity index (χ0n) is 10.7. The van der Waals surface area contributed by atoms with Crippen LogP contribution in [-0.2, 0) is 9.47 Å². The minimum atomic E-state index is -0.230. The topological polar surface area (TPSA) is 27.7 Å². The lowest BCUT2D eigenvalue weighted by molar-refractivity contribution is -0.151. The molecule has 1 aromatic carbocycles. The summed E-state index contributed by atoms with van der Waals surface area (Å²) in [4.78, 5) is 0. The van der Waals surface area contributed by atoms with Crippen LogP contribution in [0.15, 0.2) is 40.5 Å². The Morgan fingerprint density at radius 1 is 1.28 bits per heavy atom. The molecular formula is C14H19IO3. The van der Waals surface area contributed by atoms with Crippen molar-refractivity contribution >= 4 is 22.6 Å². The number of benzene rings is 1. The molecule has 0 aliphatic carbocycles. The third-order valence-corrected chi connectivity index (χ3v) is 2.63. The maximum Gasteiger partial charge on any atom is 0.155 e. The van der Waals surface area contributed by atoms with Crippen molar-refractivity contribution in [3.63, 3.8) is 0 Å². The lowest BCUT2D eigenvalue weighted by atomic mass is 10.3. The van der Waals surface area contributed by atoms with Gasteiger partial charge in [-0.1, -0.05) is 40.8 Å². The lowest BCUT2D eigenvalue weighted by Crippen LogP contribution is -2.26. The fraction of sp³-hybridized carbons (Fsp3) is 0.429. The molecule has 0 spiro atoms. The van der Waals surface area contributed by atoms with Gasteiger partial charge < -0.3 is 14.2 Å². The van der Waals surface area contributed by atoms with Crippen LogP contribution in [0, 0.1) is 0 Å². The summed E-state index contributed by atoms with van der Waals surface area (Å²) in [5.41, 5.74) is 0. The van der Waals surface area contributed by atoms with Crippen LogP contribution in [0.25, 0.3) is 0 Å². The Bertz CT molecular complexity index is 340. The minimum absolute atomic E-state index is 0.108. The number of ether oxygens (including phenoxy) is 3. The molecule has 1 rings (SSSR count). The second-order valence-corrected chi connectivity index (χ2v) is 4.36. The smallest absolute Gasteiger partial charge is 0.155 e. The molecule has 0 saturated heterocycles. The first-order valence-corrected chi connectivity index (χ1v) is 7.22. The van der Waals surface area contributed by atoms with E-state index in [4.69, 9.17) is 14.2 Å². The molecule has 18 heavy (non-hydrogen) atoms. The summed E-state index contributed by atoms with van der Waals surface area (Å²) >= 11 is 2.17. The number of para-hydroxylation sites is 1. The van der Waals surface area contributed by atoms with E-state index < -0.39 is 0 Å². The van der Waals surface area contributed by atoms with Gasteiger partial charge in [0.2, 0.25) is 0 Å². The van der Waals surface area contributed by atoms with E-state index in [1.54, 1.807) is 0 Å². The van der Waals surface area contributed by atoms with Gasteiger partial charge in [0.15, 0.2) is 6.29 Å². The van der Waals surface area contributed by atoms with Crippen molar-refractivity contribution in [2.75, 3.05) is 13.2 Å². The van der Waals surface area contributed by atoms with E-state index in [0.29, 0.717) is 13.2 Å². The van der Waals surface area contributed by atoms with E-state index >= 15 is 0 Å². The summed E-state index contributed by atoms with van der Waals surface area (Å²) in [6, 6.07) is 9.71. The van der Waals surface area contributed by atoms with Crippen molar-refractivity contribution in [3.8, 4) is 5.75 Å². The molecule has 0 radical (unpaired) electrons. The van der Waals surface area contributed by atoms with Crippen LogP contribution in [0.3, 0.4) is 0 Å². The van der Waals surface area contributed by atoms with Gasteiger partial charge in [-0.2, -0.15) is 0 Å². The van der Waals surface area contributed by atoms with Crippen molar-refractivity contribution in [3.05, 3.63) is 40.5 Å². The zero-order chi connectivity index (χ0) is 13.2.